The van der Waals surface area contributed by atoms with E-state index in [0.717, 1.165) is 0 Å². The standard InChI is InChI=1S/C7H13NO4S/c1-12-7(9)8-4-6-2-3-13(10,11)5-6/h6H,2-5H2,1H3,(H,8,9)/t6-/m1/s1. The summed E-state index contributed by atoms with van der Waals surface area (Å²) < 4.78 is 26.4. The Labute approximate surface area is 77.4 Å². The maximum absolute atomic E-state index is 11.0. The molecule has 0 aromatic rings. The molecule has 0 aromatic heterocycles. The number of alkyl carbamates (subject to hydrolysis) is 1. The lowest BCUT2D eigenvalue weighted by molar-refractivity contribution is 0.169. The first kappa shape index (κ1) is 10.3. The Morgan fingerprint density at radius 3 is 2.77 bits per heavy atom. The fraction of sp³-hybridized carbons (Fsp3) is 0.857. The van der Waals surface area contributed by atoms with Crippen molar-refractivity contribution in [3.8, 4) is 0 Å². The molecule has 0 saturated carbocycles. The minimum absolute atomic E-state index is 0.0455. The van der Waals surface area contributed by atoms with Gasteiger partial charge < -0.3 is 10.1 Å². The Hall–Kier alpha value is -0.780. The summed E-state index contributed by atoms with van der Waals surface area (Å²) in [5.74, 6) is 0.460. The molecule has 1 amide bonds. The maximum atomic E-state index is 11.0. The number of amides is 1. The fourth-order valence-electron chi connectivity index (χ4n) is 1.33. The van der Waals surface area contributed by atoms with Gasteiger partial charge in [0.2, 0.25) is 0 Å². The summed E-state index contributed by atoms with van der Waals surface area (Å²) in [4.78, 5) is 10.6. The molecule has 1 atom stereocenters. The molecular weight excluding hydrogens is 194 g/mol. The second-order valence-corrected chi connectivity index (χ2v) is 5.37. The number of methoxy groups -OCH3 is 1. The van der Waals surface area contributed by atoms with Crippen LogP contribution in [0.4, 0.5) is 4.79 Å². The molecule has 1 heterocycles. The van der Waals surface area contributed by atoms with E-state index in [9.17, 15) is 13.2 Å². The van der Waals surface area contributed by atoms with Crippen LogP contribution in [0.5, 0.6) is 0 Å². The Bertz CT molecular complexity index is 285. The highest BCUT2D eigenvalue weighted by Gasteiger charge is 2.27. The van der Waals surface area contributed by atoms with E-state index in [4.69, 9.17) is 0 Å². The zero-order valence-electron chi connectivity index (χ0n) is 7.45. The molecule has 1 aliphatic rings. The van der Waals surface area contributed by atoms with Crippen molar-refractivity contribution in [2.45, 2.75) is 6.42 Å². The second kappa shape index (κ2) is 3.95. The van der Waals surface area contributed by atoms with E-state index in [1.54, 1.807) is 0 Å². The zero-order chi connectivity index (χ0) is 9.90. The molecule has 1 rings (SSSR count). The normalized spacial score (nSPS) is 25.5. The lowest BCUT2D eigenvalue weighted by Crippen LogP contribution is -2.29. The smallest absolute Gasteiger partial charge is 0.406 e. The van der Waals surface area contributed by atoms with Gasteiger partial charge in [-0.3, -0.25) is 0 Å². The summed E-state index contributed by atoms with van der Waals surface area (Å²) >= 11 is 0. The number of sulfone groups is 1. The minimum Gasteiger partial charge on any atom is -0.453 e. The number of nitrogens with one attached hydrogen (secondary N) is 1. The van der Waals surface area contributed by atoms with Gasteiger partial charge in [0.05, 0.1) is 18.6 Å². The molecule has 1 fully saturated rings. The first-order valence-corrected chi connectivity index (χ1v) is 5.88. The number of rotatable bonds is 2. The highest BCUT2D eigenvalue weighted by molar-refractivity contribution is 7.91. The van der Waals surface area contributed by atoms with Crippen LogP contribution < -0.4 is 5.32 Å². The Balaban J connectivity index is 2.29. The van der Waals surface area contributed by atoms with E-state index in [1.807, 2.05) is 0 Å². The van der Waals surface area contributed by atoms with Crippen LogP contribution in [0, 0.1) is 5.92 Å². The Kier molecular flexibility index (Phi) is 3.13. The summed E-state index contributed by atoms with van der Waals surface area (Å²) in [6, 6.07) is 0. The van der Waals surface area contributed by atoms with E-state index in [-0.39, 0.29) is 17.4 Å². The SMILES string of the molecule is COC(=O)NC[C@H]1CCS(=O)(=O)C1. The monoisotopic (exact) mass is 207 g/mol. The fourth-order valence-corrected chi connectivity index (χ4v) is 3.19. The molecule has 13 heavy (non-hydrogen) atoms. The van der Waals surface area contributed by atoms with Gasteiger partial charge in [-0.2, -0.15) is 0 Å². The van der Waals surface area contributed by atoms with E-state index in [2.05, 4.69) is 10.1 Å². The van der Waals surface area contributed by atoms with E-state index >= 15 is 0 Å². The molecule has 0 radical (unpaired) electrons. The van der Waals surface area contributed by atoms with E-state index in [0.29, 0.717) is 13.0 Å². The highest BCUT2D eigenvalue weighted by atomic mass is 32.2. The van der Waals surface area contributed by atoms with E-state index in [1.165, 1.54) is 7.11 Å². The molecule has 0 bridgehead atoms. The summed E-state index contributed by atoms with van der Waals surface area (Å²) in [5, 5.41) is 2.49. The number of carbonyl (C=O) groups is 1. The van der Waals surface area contributed by atoms with Gasteiger partial charge in [0.1, 0.15) is 0 Å². The number of carbonyl (C=O) groups excluding carboxylic acids is 1. The molecule has 0 unspecified atom stereocenters. The van der Waals surface area contributed by atoms with Crippen LogP contribution in [-0.2, 0) is 14.6 Å². The minimum atomic E-state index is -2.84. The molecule has 0 spiro atoms. The van der Waals surface area contributed by atoms with Gasteiger partial charge in [-0.05, 0) is 12.3 Å². The van der Waals surface area contributed by atoms with Crippen molar-refractivity contribution in [3.05, 3.63) is 0 Å². The van der Waals surface area contributed by atoms with Crippen molar-refractivity contribution in [3.63, 3.8) is 0 Å². The molecule has 6 heteroatoms. The van der Waals surface area contributed by atoms with Gasteiger partial charge in [0, 0.05) is 6.54 Å². The lowest BCUT2D eigenvalue weighted by Gasteiger charge is -2.07. The highest BCUT2D eigenvalue weighted by Crippen LogP contribution is 2.17. The molecule has 5 nitrogen and oxygen atoms in total. The van der Waals surface area contributed by atoms with Crippen LogP contribution in [-0.4, -0.2) is 39.7 Å². The zero-order valence-corrected chi connectivity index (χ0v) is 8.26. The summed E-state index contributed by atoms with van der Waals surface area (Å²) in [7, 11) is -1.56. The molecule has 1 aliphatic heterocycles. The lowest BCUT2D eigenvalue weighted by atomic mass is 10.1. The molecule has 76 valence electrons. The molecule has 1 N–H and O–H groups in total. The van der Waals surface area contributed by atoms with Gasteiger partial charge >= 0.3 is 6.09 Å². The molecule has 1 saturated heterocycles. The predicted octanol–water partition coefficient (Wildman–Crippen LogP) is -0.223. The first-order valence-electron chi connectivity index (χ1n) is 4.06. The molecule has 0 aliphatic carbocycles. The Morgan fingerprint density at radius 2 is 2.31 bits per heavy atom. The second-order valence-electron chi connectivity index (χ2n) is 3.14. The molecular formula is C7H13NO4S. The van der Waals surface area contributed by atoms with Gasteiger partial charge in [0.25, 0.3) is 0 Å². The summed E-state index contributed by atoms with van der Waals surface area (Å²) in [6.45, 7) is 0.381. The molecule has 0 aromatic carbocycles. The maximum Gasteiger partial charge on any atom is 0.406 e. The summed E-state index contributed by atoms with van der Waals surface area (Å²) in [6.07, 6.45) is 0.121. The van der Waals surface area contributed by atoms with Crippen molar-refractivity contribution < 1.29 is 17.9 Å². The van der Waals surface area contributed by atoms with Crippen LogP contribution in [0.2, 0.25) is 0 Å². The number of hydrogen-bond donors (Lipinski definition) is 1. The van der Waals surface area contributed by atoms with Gasteiger partial charge in [-0.1, -0.05) is 0 Å². The van der Waals surface area contributed by atoms with Crippen molar-refractivity contribution in [2.24, 2.45) is 5.92 Å². The van der Waals surface area contributed by atoms with Gasteiger partial charge in [-0.25, -0.2) is 13.2 Å². The first-order chi connectivity index (χ1) is 6.03. The topological polar surface area (TPSA) is 72.5 Å². The van der Waals surface area contributed by atoms with Crippen molar-refractivity contribution in [1.82, 2.24) is 5.32 Å². The number of hydrogen-bond acceptors (Lipinski definition) is 4. The van der Waals surface area contributed by atoms with Gasteiger partial charge in [0.15, 0.2) is 9.84 Å². The van der Waals surface area contributed by atoms with Crippen molar-refractivity contribution >= 4 is 15.9 Å². The quantitative estimate of drug-likeness (QED) is 0.679. The average molecular weight is 207 g/mol. The van der Waals surface area contributed by atoms with Crippen LogP contribution in [0.3, 0.4) is 0 Å². The van der Waals surface area contributed by atoms with Crippen LogP contribution in [0.1, 0.15) is 6.42 Å². The van der Waals surface area contributed by atoms with Crippen molar-refractivity contribution in [2.75, 3.05) is 25.2 Å². The third-order valence-corrected chi connectivity index (χ3v) is 3.88. The Morgan fingerprint density at radius 1 is 1.62 bits per heavy atom. The van der Waals surface area contributed by atoms with Crippen molar-refractivity contribution in [1.29, 1.82) is 0 Å². The van der Waals surface area contributed by atoms with Crippen LogP contribution in [0.25, 0.3) is 0 Å². The third-order valence-electron chi connectivity index (χ3n) is 2.05. The average Bonchev–Trinajstić information content (AvgIpc) is 2.41. The van der Waals surface area contributed by atoms with Crippen LogP contribution in [0.15, 0.2) is 0 Å². The largest absolute Gasteiger partial charge is 0.453 e. The van der Waals surface area contributed by atoms with E-state index < -0.39 is 15.9 Å². The van der Waals surface area contributed by atoms with Gasteiger partial charge in [-0.15, -0.1) is 0 Å². The summed E-state index contributed by atoms with van der Waals surface area (Å²) in [5.41, 5.74) is 0. The number of ether oxygens (including phenoxy) is 1. The third kappa shape index (κ3) is 3.22. The predicted molar refractivity (Wildman–Crippen MR) is 47.2 cm³/mol. The van der Waals surface area contributed by atoms with Crippen LogP contribution >= 0.6 is 0 Å².